The zero-order valence-corrected chi connectivity index (χ0v) is 14.1. The first kappa shape index (κ1) is 17.3. The maximum atomic E-state index is 14.4. The lowest BCUT2D eigenvalue weighted by Gasteiger charge is -2.24. The van der Waals surface area contributed by atoms with Gasteiger partial charge in [0, 0.05) is 31.0 Å². The van der Waals surface area contributed by atoms with Crippen molar-refractivity contribution in [2.75, 3.05) is 6.54 Å². The van der Waals surface area contributed by atoms with Gasteiger partial charge in [0.25, 0.3) is 0 Å². The molecule has 0 spiro atoms. The average molecular weight is 336 g/mol. The van der Waals surface area contributed by atoms with Crippen LogP contribution in [-0.2, 0) is 12.1 Å². The van der Waals surface area contributed by atoms with Crippen LogP contribution in [0.5, 0.6) is 0 Å². The summed E-state index contributed by atoms with van der Waals surface area (Å²) < 4.78 is 14.4. The van der Waals surface area contributed by atoms with Crippen LogP contribution in [0.1, 0.15) is 18.1 Å². The summed E-state index contributed by atoms with van der Waals surface area (Å²) in [4.78, 5) is 3.97. The number of benzene rings is 2. The summed E-state index contributed by atoms with van der Waals surface area (Å²) in [6.07, 6.45) is 3.38. The third kappa shape index (κ3) is 4.29. The van der Waals surface area contributed by atoms with Crippen LogP contribution >= 0.6 is 0 Å². The third-order valence-electron chi connectivity index (χ3n) is 4.25. The number of nitrogens with zero attached hydrogens (tertiary/aromatic N) is 1. The first-order valence-corrected chi connectivity index (χ1v) is 8.24. The average Bonchev–Trinajstić information content (AvgIpc) is 2.64. The van der Waals surface area contributed by atoms with Gasteiger partial charge in [-0.3, -0.25) is 4.98 Å². The van der Waals surface area contributed by atoms with Crippen molar-refractivity contribution in [2.45, 2.75) is 19.1 Å². The molecule has 4 heteroatoms. The Bertz CT molecular complexity index is 820. The molecule has 25 heavy (non-hydrogen) atoms. The van der Waals surface area contributed by atoms with Crippen LogP contribution in [0, 0.1) is 5.82 Å². The molecule has 1 unspecified atom stereocenters. The summed E-state index contributed by atoms with van der Waals surface area (Å²) in [5.74, 6) is -0.263. The third-order valence-corrected chi connectivity index (χ3v) is 4.25. The molecule has 3 nitrogen and oxygen atoms in total. The summed E-state index contributed by atoms with van der Waals surface area (Å²) in [5, 5.41) is 13.7. The fourth-order valence-electron chi connectivity index (χ4n) is 2.75. The fraction of sp³-hybridized carbons (Fsp3) is 0.190. The Morgan fingerprint density at radius 3 is 2.40 bits per heavy atom. The molecule has 1 atom stereocenters. The normalized spacial score (nSPS) is 13.4. The highest BCUT2D eigenvalue weighted by Crippen LogP contribution is 2.22. The Hall–Kier alpha value is -2.56. The van der Waals surface area contributed by atoms with Gasteiger partial charge in [0.15, 0.2) is 0 Å². The lowest BCUT2D eigenvalue weighted by Crippen LogP contribution is -2.35. The lowest BCUT2D eigenvalue weighted by molar-refractivity contribution is 0.0566. The number of hydrogen-bond acceptors (Lipinski definition) is 3. The van der Waals surface area contributed by atoms with E-state index in [4.69, 9.17) is 0 Å². The van der Waals surface area contributed by atoms with Crippen molar-refractivity contribution >= 4 is 0 Å². The Balaban J connectivity index is 1.64. The number of pyridine rings is 1. The van der Waals surface area contributed by atoms with Gasteiger partial charge in [-0.1, -0.05) is 42.5 Å². The van der Waals surface area contributed by atoms with E-state index in [1.165, 1.54) is 6.07 Å². The van der Waals surface area contributed by atoms with Crippen LogP contribution in [0.15, 0.2) is 73.1 Å². The minimum absolute atomic E-state index is 0.263. The van der Waals surface area contributed by atoms with Gasteiger partial charge in [-0.2, -0.15) is 0 Å². The van der Waals surface area contributed by atoms with E-state index >= 15 is 0 Å². The molecule has 128 valence electrons. The maximum absolute atomic E-state index is 14.4. The minimum atomic E-state index is -1.01. The summed E-state index contributed by atoms with van der Waals surface area (Å²) in [6, 6.07) is 18.3. The largest absolute Gasteiger partial charge is 0.384 e. The molecule has 0 radical (unpaired) electrons. The molecule has 3 rings (SSSR count). The highest BCUT2D eigenvalue weighted by Gasteiger charge is 2.22. The van der Waals surface area contributed by atoms with Gasteiger partial charge in [-0.15, -0.1) is 0 Å². The molecule has 0 aliphatic carbocycles. The molecule has 1 aromatic heterocycles. The van der Waals surface area contributed by atoms with Crippen LogP contribution in [0.2, 0.25) is 0 Å². The predicted octanol–water partition coefficient (Wildman–Crippen LogP) is 3.89. The molecule has 0 saturated carbocycles. The number of aromatic nitrogens is 1. The Kier molecular flexibility index (Phi) is 5.22. The topological polar surface area (TPSA) is 45.1 Å². The van der Waals surface area contributed by atoms with Crippen molar-refractivity contribution < 1.29 is 9.50 Å². The summed E-state index contributed by atoms with van der Waals surface area (Å²) in [6.45, 7) is 2.44. The standard InChI is InChI=1S/C21H21FN2O/c1-21(25,19-5-3-2-4-6-19)15-24-14-18-8-7-17(13-20(18)22)16-9-11-23-12-10-16/h2-13,24-25H,14-15H2,1H3. The highest BCUT2D eigenvalue weighted by atomic mass is 19.1. The van der Waals surface area contributed by atoms with Gasteiger partial charge in [-0.05, 0) is 41.8 Å². The Labute approximate surface area is 147 Å². The van der Waals surface area contributed by atoms with E-state index < -0.39 is 5.60 Å². The van der Waals surface area contributed by atoms with Gasteiger partial charge < -0.3 is 10.4 Å². The molecule has 0 bridgehead atoms. The SMILES string of the molecule is CC(O)(CNCc1ccc(-c2ccncc2)cc1F)c1ccccc1. The molecule has 0 amide bonds. The van der Waals surface area contributed by atoms with Gasteiger partial charge in [0.05, 0.1) is 5.60 Å². The minimum Gasteiger partial charge on any atom is -0.384 e. The second-order valence-electron chi connectivity index (χ2n) is 6.29. The molecule has 0 fully saturated rings. The first-order valence-electron chi connectivity index (χ1n) is 8.24. The maximum Gasteiger partial charge on any atom is 0.128 e. The van der Waals surface area contributed by atoms with Gasteiger partial charge in [0.2, 0.25) is 0 Å². The van der Waals surface area contributed by atoms with Crippen molar-refractivity contribution in [3.63, 3.8) is 0 Å². The molecule has 3 aromatic rings. The van der Waals surface area contributed by atoms with Crippen molar-refractivity contribution in [3.8, 4) is 11.1 Å². The van der Waals surface area contributed by atoms with Crippen molar-refractivity contribution in [1.82, 2.24) is 10.3 Å². The van der Waals surface area contributed by atoms with Crippen molar-refractivity contribution in [2.24, 2.45) is 0 Å². The number of hydrogen-bond donors (Lipinski definition) is 2. The molecular formula is C21H21FN2O. The first-order chi connectivity index (χ1) is 12.1. The van der Waals surface area contributed by atoms with Gasteiger partial charge in [-0.25, -0.2) is 4.39 Å². The lowest BCUT2D eigenvalue weighted by atomic mass is 9.96. The Morgan fingerprint density at radius 1 is 1.00 bits per heavy atom. The van der Waals surface area contributed by atoms with Gasteiger partial charge >= 0.3 is 0 Å². The second kappa shape index (κ2) is 7.55. The zero-order chi connectivity index (χ0) is 17.7. The molecule has 2 aromatic carbocycles. The monoisotopic (exact) mass is 336 g/mol. The highest BCUT2D eigenvalue weighted by molar-refractivity contribution is 5.63. The van der Waals surface area contributed by atoms with E-state index in [0.29, 0.717) is 18.7 Å². The predicted molar refractivity (Wildman–Crippen MR) is 97.4 cm³/mol. The van der Waals surface area contributed by atoms with Crippen LogP contribution in [0.4, 0.5) is 4.39 Å². The molecule has 0 aliphatic heterocycles. The molecule has 0 aliphatic rings. The fourth-order valence-corrected chi connectivity index (χ4v) is 2.75. The summed E-state index contributed by atoms with van der Waals surface area (Å²) in [5.41, 5.74) is 2.15. The van der Waals surface area contributed by atoms with Crippen LogP contribution in [0.3, 0.4) is 0 Å². The number of rotatable bonds is 6. The van der Waals surface area contributed by atoms with E-state index in [-0.39, 0.29) is 5.82 Å². The van der Waals surface area contributed by atoms with E-state index in [1.807, 2.05) is 48.5 Å². The van der Waals surface area contributed by atoms with E-state index in [1.54, 1.807) is 25.4 Å². The Morgan fingerprint density at radius 2 is 1.72 bits per heavy atom. The molecular weight excluding hydrogens is 315 g/mol. The number of aliphatic hydroxyl groups is 1. The zero-order valence-electron chi connectivity index (χ0n) is 14.1. The van der Waals surface area contributed by atoms with Crippen LogP contribution in [0.25, 0.3) is 11.1 Å². The summed E-state index contributed by atoms with van der Waals surface area (Å²) >= 11 is 0. The van der Waals surface area contributed by atoms with Crippen LogP contribution in [-0.4, -0.2) is 16.6 Å². The smallest absolute Gasteiger partial charge is 0.128 e. The second-order valence-corrected chi connectivity index (χ2v) is 6.29. The van der Waals surface area contributed by atoms with Crippen molar-refractivity contribution in [1.29, 1.82) is 0 Å². The van der Waals surface area contributed by atoms with E-state index in [0.717, 1.165) is 16.7 Å². The van der Waals surface area contributed by atoms with Crippen molar-refractivity contribution in [3.05, 3.63) is 90.0 Å². The summed E-state index contributed by atoms with van der Waals surface area (Å²) in [7, 11) is 0. The number of nitrogens with one attached hydrogen (secondary N) is 1. The van der Waals surface area contributed by atoms with Gasteiger partial charge in [0.1, 0.15) is 5.82 Å². The number of halogens is 1. The quantitative estimate of drug-likeness (QED) is 0.718. The van der Waals surface area contributed by atoms with Crippen LogP contribution < -0.4 is 5.32 Å². The van der Waals surface area contributed by atoms with E-state index in [2.05, 4.69) is 10.3 Å². The van der Waals surface area contributed by atoms with E-state index in [9.17, 15) is 9.50 Å². The molecule has 2 N–H and O–H groups in total. The molecule has 1 heterocycles. The molecule has 0 saturated heterocycles.